The molecule has 2 unspecified atom stereocenters. The van der Waals surface area contributed by atoms with Crippen molar-refractivity contribution in [3.63, 3.8) is 0 Å². The number of thiazole rings is 1. The summed E-state index contributed by atoms with van der Waals surface area (Å²) in [7, 11) is -3.96. The van der Waals surface area contributed by atoms with Gasteiger partial charge in [-0.1, -0.05) is 68.4 Å². The second-order valence-corrected chi connectivity index (χ2v) is 13.6. The zero-order valence-electron chi connectivity index (χ0n) is 23.3. The Bertz CT molecular complexity index is 1560. The van der Waals surface area contributed by atoms with Crippen LogP contribution in [0.5, 0.6) is 5.75 Å². The molecule has 216 valence electrons. The average molecular weight is 593 g/mol. The maximum Gasteiger partial charge on any atom is 0.268 e. The van der Waals surface area contributed by atoms with E-state index in [0.29, 0.717) is 30.0 Å². The third-order valence-electron chi connectivity index (χ3n) is 7.07. The Morgan fingerprint density at radius 3 is 2.63 bits per heavy atom. The van der Waals surface area contributed by atoms with Gasteiger partial charge >= 0.3 is 0 Å². The molecule has 1 aliphatic rings. The maximum atomic E-state index is 13.4. The number of aromatic nitrogens is 1. The van der Waals surface area contributed by atoms with Crippen molar-refractivity contribution in [2.24, 2.45) is 5.92 Å². The summed E-state index contributed by atoms with van der Waals surface area (Å²) in [6.45, 7) is 6.63. The number of para-hydroxylation sites is 1. The minimum absolute atomic E-state index is 0.0205. The molecule has 5 rings (SSSR count). The summed E-state index contributed by atoms with van der Waals surface area (Å²) < 4.78 is 36.2. The van der Waals surface area contributed by atoms with Crippen LogP contribution in [0.4, 0.5) is 0 Å². The summed E-state index contributed by atoms with van der Waals surface area (Å²) in [4.78, 5) is 17.7. The molecule has 0 fully saturated rings. The van der Waals surface area contributed by atoms with Crippen LogP contribution < -0.4 is 20.1 Å². The van der Waals surface area contributed by atoms with Crippen molar-refractivity contribution in [3.8, 4) is 5.75 Å². The standard InChI is InChI=1S/C31H36N4O4S2/c1-21(2)14-16-32-20-22-12-13-24-25(15-17-39-28(24)18-22)33-30(36)19-27(23-8-4-3-5-9-23)35-41(37,38)31-34-26-10-6-7-11-29(26)40-31/h3-13,18,21,25,27,32,35H,14-17,19-20H2,1-2H3,(H,33,36). The van der Waals surface area contributed by atoms with Crippen molar-refractivity contribution in [3.05, 3.63) is 89.5 Å². The molecule has 0 bridgehead atoms. The predicted molar refractivity (Wildman–Crippen MR) is 162 cm³/mol. The Labute approximate surface area is 245 Å². The monoisotopic (exact) mass is 592 g/mol. The highest BCUT2D eigenvalue weighted by Gasteiger charge is 2.29. The fourth-order valence-corrected chi connectivity index (χ4v) is 7.34. The van der Waals surface area contributed by atoms with Gasteiger partial charge in [0.15, 0.2) is 0 Å². The number of benzene rings is 3. The number of fused-ring (bicyclic) bond motifs is 2. The topological polar surface area (TPSA) is 109 Å². The van der Waals surface area contributed by atoms with Crippen LogP contribution in [-0.4, -0.2) is 32.5 Å². The minimum Gasteiger partial charge on any atom is -0.493 e. The number of amides is 1. The van der Waals surface area contributed by atoms with E-state index in [0.717, 1.165) is 52.4 Å². The molecule has 1 amide bonds. The number of sulfonamides is 1. The molecule has 41 heavy (non-hydrogen) atoms. The average Bonchev–Trinajstić information content (AvgIpc) is 3.41. The molecule has 2 heterocycles. The lowest BCUT2D eigenvalue weighted by atomic mass is 9.98. The van der Waals surface area contributed by atoms with Gasteiger partial charge in [-0.2, -0.15) is 0 Å². The first-order chi connectivity index (χ1) is 19.8. The van der Waals surface area contributed by atoms with Crippen molar-refractivity contribution in [1.82, 2.24) is 20.3 Å². The van der Waals surface area contributed by atoms with Crippen molar-refractivity contribution in [1.29, 1.82) is 0 Å². The van der Waals surface area contributed by atoms with Crippen molar-refractivity contribution in [2.75, 3.05) is 13.2 Å². The SMILES string of the molecule is CC(C)CCNCc1ccc2c(c1)OCCC2NC(=O)CC(NS(=O)(=O)c1nc2ccccc2s1)c1ccccc1. The number of nitrogens with one attached hydrogen (secondary N) is 3. The van der Waals surface area contributed by atoms with Crippen LogP contribution in [-0.2, 0) is 21.4 Å². The maximum absolute atomic E-state index is 13.4. The molecule has 0 aliphatic carbocycles. The summed E-state index contributed by atoms with van der Waals surface area (Å²) in [6, 6.07) is 21.6. The first-order valence-electron chi connectivity index (χ1n) is 14.0. The molecule has 4 aromatic rings. The van der Waals surface area contributed by atoms with Crippen LogP contribution in [0.15, 0.2) is 77.1 Å². The van der Waals surface area contributed by atoms with E-state index in [2.05, 4.69) is 40.3 Å². The Hall–Kier alpha value is -3.31. The Kier molecular flexibility index (Phi) is 9.34. The number of rotatable bonds is 12. The van der Waals surface area contributed by atoms with Gasteiger partial charge in [0.1, 0.15) is 5.75 Å². The number of nitrogens with zero attached hydrogens (tertiary/aromatic N) is 1. The molecule has 0 radical (unpaired) electrons. The number of hydrogen-bond acceptors (Lipinski definition) is 7. The van der Waals surface area contributed by atoms with Gasteiger partial charge in [-0.3, -0.25) is 4.79 Å². The van der Waals surface area contributed by atoms with Crippen molar-refractivity contribution < 1.29 is 17.9 Å². The van der Waals surface area contributed by atoms with Crippen LogP contribution in [0.25, 0.3) is 10.2 Å². The van der Waals surface area contributed by atoms with Gasteiger partial charge in [0, 0.05) is 24.9 Å². The van der Waals surface area contributed by atoms with Crippen LogP contribution >= 0.6 is 11.3 Å². The number of hydrogen-bond donors (Lipinski definition) is 3. The molecule has 1 aromatic heterocycles. The lowest BCUT2D eigenvalue weighted by Gasteiger charge is -2.28. The van der Waals surface area contributed by atoms with E-state index in [1.807, 2.05) is 60.7 Å². The highest BCUT2D eigenvalue weighted by atomic mass is 32.2. The van der Waals surface area contributed by atoms with Crippen molar-refractivity contribution in [2.45, 2.75) is 56.1 Å². The van der Waals surface area contributed by atoms with Gasteiger partial charge in [0.2, 0.25) is 10.2 Å². The molecule has 0 spiro atoms. The quantitative estimate of drug-likeness (QED) is 0.188. The van der Waals surface area contributed by atoms with Gasteiger partial charge in [-0.25, -0.2) is 18.1 Å². The van der Waals surface area contributed by atoms with E-state index >= 15 is 0 Å². The third kappa shape index (κ3) is 7.51. The Balaban J connectivity index is 1.28. The lowest BCUT2D eigenvalue weighted by Crippen LogP contribution is -2.36. The van der Waals surface area contributed by atoms with Crippen LogP contribution in [0.2, 0.25) is 0 Å². The van der Waals surface area contributed by atoms with E-state index in [9.17, 15) is 13.2 Å². The third-order valence-corrected chi connectivity index (χ3v) is 9.96. The Morgan fingerprint density at radius 1 is 1.07 bits per heavy atom. The zero-order valence-corrected chi connectivity index (χ0v) is 24.9. The number of ether oxygens (including phenoxy) is 1. The number of carbonyl (C=O) groups excluding carboxylic acids is 1. The van der Waals surface area contributed by atoms with E-state index in [1.165, 1.54) is 0 Å². The molecule has 10 heteroatoms. The normalized spacial score (nSPS) is 15.8. The minimum atomic E-state index is -3.96. The highest BCUT2D eigenvalue weighted by Crippen LogP contribution is 2.33. The smallest absolute Gasteiger partial charge is 0.268 e. The van der Waals surface area contributed by atoms with Gasteiger partial charge in [-0.05, 0) is 48.2 Å². The van der Waals surface area contributed by atoms with E-state index in [-0.39, 0.29) is 22.7 Å². The second-order valence-electron chi connectivity index (χ2n) is 10.7. The van der Waals surface area contributed by atoms with E-state index < -0.39 is 16.1 Å². The van der Waals surface area contributed by atoms with Crippen LogP contribution in [0, 0.1) is 5.92 Å². The molecule has 8 nitrogen and oxygen atoms in total. The molecule has 0 saturated carbocycles. The summed E-state index contributed by atoms with van der Waals surface area (Å²) >= 11 is 1.11. The highest BCUT2D eigenvalue weighted by molar-refractivity contribution is 7.91. The van der Waals surface area contributed by atoms with Crippen LogP contribution in [0.1, 0.15) is 61.9 Å². The molecule has 0 saturated heterocycles. The van der Waals surface area contributed by atoms with Crippen LogP contribution in [0.3, 0.4) is 0 Å². The first-order valence-corrected chi connectivity index (χ1v) is 16.3. The summed E-state index contributed by atoms with van der Waals surface area (Å²) in [5.41, 5.74) is 3.39. The molecule has 1 aliphatic heterocycles. The van der Waals surface area contributed by atoms with Crippen molar-refractivity contribution >= 4 is 37.5 Å². The molecule has 2 atom stereocenters. The van der Waals surface area contributed by atoms with Gasteiger partial charge in [-0.15, -0.1) is 11.3 Å². The van der Waals surface area contributed by atoms with E-state index in [4.69, 9.17) is 4.74 Å². The lowest BCUT2D eigenvalue weighted by molar-refractivity contribution is -0.122. The predicted octanol–water partition coefficient (Wildman–Crippen LogP) is 5.48. The number of carbonyl (C=O) groups is 1. The van der Waals surface area contributed by atoms with Gasteiger partial charge < -0.3 is 15.4 Å². The summed E-state index contributed by atoms with van der Waals surface area (Å²) in [5.74, 6) is 1.19. The molecular formula is C31H36N4O4S2. The van der Waals surface area contributed by atoms with Gasteiger partial charge in [0.25, 0.3) is 10.0 Å². The zero-order chi connectivity index (χ0) is 28.8. The van der Waals surface area contributed by atoms with E-state index in [1.54, 1.807) is 6.07 Å². The first kappa shape index (κ1) is 29.2. The largest absolute Gasteiger partial charge is 0.493 e. The fourth-order valence-electron chi connectivity index (χ4n) is 4.87. The summed E-state index contributed by atoms with van der Waals surface area (Å²) in [5, 5.41) is 6.60. The molecule has 3 aromatic carbocycles. The Morgan fingerprint density at radius 2 is 1.85 bits per heavy atom. The molecule has 3 N–H and O–H groups in total. The second kappa shape index (κ2) is 13.1. The summed E-state index contributed by atoms with van der Waals surface area (Å²) in [6.07, 6.45) is 1.70. The molecular weight excluding hydrogens is 556 g/mol. The van der Waals surface area contributed by atoms with Gasteiger partial charge in [0.05, 0.1) is 28.9 Å². The fraction of sp³-hybridized carbons (Fsp3) is 0.355.